The standard InChI is InChI=1S/C15H20O3/c1-11-5-4-6-12(2)14(11)9-7-13(16)8-10-15(17)18-3/h4-6H,7-10H2,1-3H3. The second kappa shape index (κ2) is 6.94. The van der Waals surface area contributed by atoms with Crippen molar-refractivity contribution < 1.29 is 14.3 Å². The summed E-state index contributed by atoms with van der Waals surface area (Å²) in [6.07, 6.45) is 1.70. The van der Waals surface area contributed by atoms with Gasteiger partial charge in [0.15, 0.2) is 0 Å². The molecule has 0 saturated heterocycles. The van der Waals surface area contributed by atoms with Crippen molar-refractivity contribution in [3.8, 4) is 0 Å². The molecule has 0 radical (unpaired) electrons. The molecule has 3 nitrogen and oxygen atoms in total. The van der Waals surface area contributed by atoms with E-state index in [1.165, 1.54) is 23.8 Å². The number of benzene rings is 1. The highest BCUT2D eigenvalue weighted by molar-refractivity contribution is 5.83. The first-order chi connectivity index (χ1) is 8.54. The minimum absolute atomic E-state index is 0.114. The Morgan fingerprint density at radius 3 is 2.22 bits per heavy atom. The van der Waals surface area contributed by atoms with Gasteiger partial charge in [0.25, 0.3) is 0 Å². The van der Waals surface area contributed by atoms with Crippen LogP contribution in [-0.2, 0) is 20.7 Å². The van der Waals surface area contributed by atoms with Gasteiger partial charge in [0, 0.05) is 12.8 Å². The highest BCUT2D eigenvalue weighted by Gasteiger charge is 2.09. The van der Waals surface area contributed by atoms with Gasteiger partial charge in [0.1, 0.15) is 5.78 Å². The van der Waals surface area contributed by atoms with Gasteiger partial charge in [-0.2, -0.15) is 0 Å². The number of esters is 1. The van der Waals surface area contributed by atoms with Crippen LogP contribution in [-0.4, -0.2) is 18.9 Å². The summed E-state index contributed by atoms with van der Waals surface area (Å²) in [7, 11) is 1.34. The first kappa shape index (κ1) is 14.4. The number of ether oxygens (including phenoxy) is 1. The third-order valence-electron chi connectivity index (χ3n) is 3.13. The molecule has 0 fully saturated rings. The lowest BCUT2D eigenvalue weighted by atomic mass is 9.97. The van der Waals surface area contributed by atoms with Crippen molar-refractivity contribution in [2.24, 2.45) is 0 Å². The smallest absolute Gasteiger partial charge is 0.305 e. The molecule has 0 aliphatic carbocycles. The molecule has 0 amide bonds. The van der Waals surface area contributed by atoms with Crippen LogP contribution in [0.2, 0.25) is 0 Å². The van der Waals surface area contributed by atoms with Gasteiger partial charge in [0.2, 0.25) is 0 Å². The molecule has 3 heteroatoms. The summed E-state index contributed by atoms with van der Waals surface area (Å²) in [5, 5.41) is 0. The molecule has 1 rings (SSSR count). The van der Waals surface area contributed by atoms with Gasteiger partial charge in [-0.15, -0.1) is 0 Å². The number of Topliss-reactive ketones (excluding diaryl/α,β-unsaturated/α-hetero) is 1. The fourth-order valence-corrected chi connectivity index (χ4v) is 1.98. The fraction of sp³-hybridized carbons (Fsp3) is 0.467. The highest BCUT2D eigenvalue weighted by Crippen LogP contribution is 2.15. The number of methoxy groups -OCH3 is 1. The third-order valence-corrected chi connectivity index (χ3v) is 3.13. The van der Waals surface area contributed by atoms with E-state index < -0.39 is 0 Å². The molecule has 0 aliphatic rings. The predicted octanol–water partition coefficient (Wildman–Crippen LogP) is 2.76. The molecule has 0 aromatic heterocycles. The lowest BCUT2D eigenvalue weighted by molar-refractivity contribution is -0.141. The van der Waals surface area contributed by atoms with Crippen molar-refractivity contribution >= 4 is 11.8 Å². The third kappa shape index (κ3) is 4.32. The molecule has 0 bridgehead atoms. The van der Waals surface area contributed by atoms with Crippen LogP contribution < -0.4 is 0 Å². The largest absolute Gasteiger partial charge is 0.469 e. The molecule has 98 valence electrons. The van der Waals surface area contributed by atoms with Gasteiger partial charge >= 0.3 is 5.97 Å². The molecule has 18 heavy (non-hydrogen) atoms. The number of hydrogen-bond acceptors (Lipinski definition) is 3. The van der Waals surface area contributed by atoms with Gasteiger partial charge < -0.3 is 4.74 Å². The van der Waals surface area contributed by atoms with Crippen molar-refractivity contribution in [3.05, 3.63) is 34.9 Å². The van der Waals surface area contributed by atoms with Crippen LogP contribution in [0.1, 0.15) is 36.0 Å². The maximum absolute atomic E-state index is 11.7. The molecule has 0 N–H and O–H groups in total. The van der Waals surface area contributed by atoms with Crippen LogP contribution in [0.5, 0.6) is 0 Å². The molecule has 0 spiro atoms. The molecule has 1 aromatic rings. The van der Waals surface area contributed by atoms with Gasteiger partial charge in [-0.3, -0.25) is 9.59 Å². The maximum atomic E-state index is 11.7. The number of ketones is 1. The lowest BCUT2D eigenvalue weighted by Crippen LogP contribution is -2.07. The molecular weight excluding hydrogens is 228 g/mol. The Morgan fingerprint density at radius 2 is 1.67 bits per heavy atom. The fourth-order valence-electron chi connectivity index (χ4n) is 1.98. The zero-order valence-electron chi connectivity index (χ0n) is 11.3. The van der Waals surface area contributed by atoms with Gasteiger partial charge in [-0.05, 0) is 37.0 Å². The van der Waals surface area contributed by atoms with Gasteiger partial charge in [0.05, 0.1) is 13.5 Å². The molecule has 0 aliphatic heterocycles. The zero-order valence-corrected chi connectivity index (χ0v) is 11.3. The Labute approximate surface area is 108 Å². The minimum Gasteiger partial charge on any atom is -0.469 e. The molecule has 0 atom stereocenters. The Kier molecular flexibility index (Phi) is 5.56. The molecule has 0 unspecified atom stereocenters. The van der Waals surface area contributed by atoms with Crippen molar-refractivity contribution in [1.82, 2.24) is 0 Å². The molecule has 0 heterocycles. The van der Waals surface area contributed by atoms with Crippen molar-refractivity contribution in [2.45, 2.75) is 39.5 Å². The summed E-state index contributed by atoms with van der Waals surface area (Å²) in [5.41, 5.74) is 3.68. The summed E-state index contributed by atoms with van der Waals surface area (Å²) < 4.78 is 4.51. The Morgan fingerprint density at radius 1 is 1.06 bits per heavy atom. The van der Waals surface area contributed by atoms with Crippen LogP contribution in [0, 0.1) is 13.8 Å². The molecular formula is C15H20O3. The average molecular weight is 248 g/mol. The van der Waals surface area contributed by atoms with Crippen LogP contribution >= 0.6 is 0 Å². The maximum Gasteiger partial charge on any atom is 0.305 e. The lowest BCUT2D eigenvalue weighted by Gasteiger charge is -2.08. The van der Waals surface area contributed by atoms with E-state index in [9.17, 15) is 9.59 Å². The molecule has 1 aromatic carbocycles. The van der Waals surface area contributed by atoms with Gasteiger partial charge in [-0.25, -0.2) is 0 Å². The highest BCUT2D eigenvalue weighted by atomic mass is 16.5. The quantitative estimate of drug-likeness (QED) is 0.727. The van der Waals surface area contributed by atoms with Crippen LogP contribution in [0.3, 0.4) is 0 Å². The summed E-state index contributed by atoms with van der Waals surface area (Å²) in [4.78, 5) is 22.6. The summed E-state index contributed by atoms with van der Waals surface area (Å²) in [6.45, 7) is 4.11. The number of carbonyl (C=O) groups excluding carboxylic acids is 2. The van der Waals surface area contributed by atoms with E-state index >= 15 is 0 Å². The number of carbonyl (C=O) groups is 2. The van der Waals surface area contributed by atoms with Crippen LogP contribution in [0.25, 0.3) is 0 Å². The van der Waals surface area contributed by atoms with Crippen molar-refractivity contribution in [1.29, 1.82) is 0 Å². The topological polar surface area (TPSA) is 43.4 Å². The SMILES string of the molecule is COC(=O)CCC(=O)CCc1c(C)cccc1C. The number of rotatable bonds is 6. The zero-order chi connectivity index (χ0) is 13.5. The Bertz CT molecular complexity index is 415. The van der Waals surface area contributed by atoms with E-state index in [0.717, 1.165) is 6.42 Å². The van der Waals surface area contributed by atoms with Crippen molar-refractivity contribution in [3.63, 3.8) is 0 Å². The summed E-state index contributed by atoms with van der Waals surface area (Å²) >= 11 is 0. The predicted molar refractivity (Wildman–Crippen MR) is 70.5 cm³/mol. The Hall–Kier alpha value is -1.64. The van der Waals surface area contributed by atoms with E-state index in [0.29, 0.717) is 6.42 Å². The second-order valence-corrected chi connectivity index (χ2v) is 4.49. The number of aryl methyl sites for hydroxylation is 2. The van der Waals surface area contributed by atoms with Crippen LogP contribution in [0.15, 0.2) is 18.2 Å². The van der Waals surface area contributed by atoms with E-state index in [-0.39, 0.29) is 24.6 Å². The summed E-state index contributed by atoms with van der Waals surface area (Å²) in [6, 6.07) is 6.13. The molecule has 0 saturated carbocycles. The van der Waals surface area contributed by atoms with Gasteiger partial charge in [-0.1, -0.05) is 18.2 Å². The minimum atomic E-state index is -0.324. The average Bonchev–Trinajstić information content (AvgIpc) is 2.35. The Balaban J connectivity index is 2.45. The van der Waals surface area contributed by atoms with E-state index in [2.05, 4.69) is 30.7 Å². The second-order valence-electron chi connectivity index (χ2n) is 4.49. The van der Waals surface area contributed by atoms with Crippen LogP contribution in [0.4, 0.5) is 0 Å². The van der Waals surface area contributed by atoms with Crippen molar-refractivity contribution in [2.75, 3.05) is 7.11 Å². The van der Waals surface area contributed by atoms with E-state index in [1.807, 2.05) is 6.07 Å². The van der Waals surface area contributed by atoms with E-state index in [1.54, 1.807) is 0 Å². The summed E-state index contributed by atoms with van der Waals surface area (Å²) in [5.74, 6) is -0.210. The number of hydrogen-bond donors (Lipinski definition) is 0. The van der Waals surface area contributed by atoms with E-state index in [4.69, 9.17) is 0 Å². The normalized spacial score (nSPS) is 10.2. The monoisotopic (exact) mass is 248 g/mol. The first-order valence-corrected chi connectivity index (χ1v) is 6.18. The first-order valence-electron chi connectivity index (χ1n) is 6.18.